The Morgan fingerprint density at radius 2 is 0.759 bits per heavy atom. The lowest BCUT2D eigenvalue weighted by molar-refractivity contribution is -0.153. The summed E-state index contributed by atoms with van der Waals surface area (Å²) in [5.41, 5.74) is 26.3. The molecule has 5 fully saturated rings. The second-order valence-electron chi connectivity index (χ2n) is 40.4. The number of carbonyl (C=O) groups is 7. The molecule has 0 spiro atoms. The van der Waals surface area contributed by atoms with Crippen molar-refractivity contribution in [2.75, 3.05) is 33.0 Å². The smallest absolute Gasteiger partial charge is 0.482 e. The van der Waals surface area contributed by atoms with Crippen LogP contribution >= 0.6 is 7.82 Å². The Kier molecular flexibility index (Phi) is 42.7. The molecule has 14 rings (SSSR count). The number of nitrogens with two attached hydrogens (primary N) is 3. The molecule has 0 aromatic heterocycles. The highest BCUT2D eigenvalue weighted by molar-refractivity contribution is 7.49. The standard InChI is InChI=1S/C29H37O7P.C28H43NO6.C26H39NO6.C25H37NO6/c1-2-3-5-10-23-14-15-24-25-16-20-9-8-13-27(33-19-29(30)31)26(20)17-21(25)18-28(24)36-37(32,35-23)34-22-11-6-4-7-12-22;1-4-5-6-9-20(35-28(33)27(29)17(2)3)11-12-21-22-13-18-8-7-10-25(34-16-26(31)32)23(18)14-19(22)15-24(21)30;1-3-4-5-8-19(33-26(31)16(2)27)10-11-20-21-12-17-7-6-9-24(32-15-25(29)30)22(17)13-18(21)14-23(20)28;1-2-3-4-7-18(32-25(30)14-26)9-10-19-20-11-16-6-5-8-23(31-15-24(28)29)21(16)12-17(20)13-22(19)27/h4,6-9,11-13,21,23-25,28H,2-3,5,10,14-19H2,1H3,(H,30,31);7-8,10,17,19-22,24,27,30H,4-6,9,11-16,29H2,1-3H3,(H,31,32);6-7,9,16,18-21,23,28H,3-5,8,10-15,27H2,1-2H3,(H,29,30);5-6,8,17-20,22,27H,2-4,7,9-15,26H2,1H3,(H,28,29)/t21-,23-,24+,25-,28+,37?;19-,20-,21+,22-,24+,27?;16?,18-,19-,20+,21-,23+;17-,18-,19+,20-,22+/m0000/s1. The fraction of sp³-hybridized carbons (Fsp3) is 0.657. The van der Waals surface area contributed by atoms with Crippen molar-refractivity contribution in [3.05, 3.63) is 148 Å². The highest BCUT2D eigenvalue weighted by Crippen LogP contribution is 2.61. The molecule has 5 aromatic carbocycles. The van der Waals surface area contributed by atoms with Crippen molar-refractivity contribution in [1.29, 1.82) is 0 Å². The number of phosphoric ester groups is 1. The summed E-state index contributed by atoms with van der Waals surface area (Å²) in [6.45, 7) is 12.6. The molecule has 1 saturated heterocycles. The molecule has 1 aliphatic heterocycles. The SMILES string of the molecule is CCCCC[C@@H](CC[C@@H]1[C@H]2Cc3cccc(OCC(=O)O)c3C[C@H]2C[C@H]1O)OC(=O)C(C)N.CCCCC[C@@H](CC[C@@H]1[C@H]2Cc3cccc(OCC(=O)O)c3C[C@H]2C[C@H]1O)OC(=O)C(N)C(C)C.CCCCC[C@@H](CC[C@@H]1[C@H]2Cc3cccc(OCC(=O)O)c3C[C@H]2C[C@H]1O)OC(=O)CN.CCCCC[C@H]1CC[C@@H]2[C@H]3Cc4cccc(OCC(=O)O)c4C[C@H]3C[C@H]2OP(=O)(Oc2ccccc2)O1. The van der Waals surface area contributed by atoms with Crippen LogP contribution in [0, 0.1) is 76.9 Å². The number of aliphatic carboxylic acids is 4. The van der Waals surface area contributed by atoms with Gasteiger partial charge in [-0.25, -0.2) is 23.7 Å². The molecule has 28 nitrogen and oxygen atoms in total. The highest BCUT2D eigenvalue weighted by Gasteiger charge is 2.53. The van der Waals surface area contributed by atoms with Gasteiger partial charge in [0.25, 0.3) is 0 Å². The Hall–Kier alpha value is -8.70. The number of hydrogen-bond donors (Lipinski definition) is 10. The first-order valence-electron chi connectivity index (χ1n) is 51.3. The largest absolute Gasteiger partial charge is 0.530 e. The van der Waals surface area contributed by atoms with Gasteiger partial charge in [0.1, 0.15) is 59.1 Å². The lowest BCUT2D eigenvalue weighted by Crippen LogP contribution is -2.39. The first-order chi connectivity index (χ1) is 65.9. The predicted molar refractivity (Wildman–Crippen MR) is 519 cm³/mol. The fourth-order valence-corrected chi connectivity index (χ4v) is 25.2. The van der Waals surface area contributed by atoms with Gasteiger partial charge in [0.2, 0.25) is 0 Å². The molecule has 13 N–H and O–H groups in total. The van der Waals surface area contributed by atoms with Gasteiger partial charge >= 0.3 is 49.6 Å². The van der Waals surface area contributed by atoms with Crippen LogP contribution in [0.25, 0.3) is 0 Å². The van der Waals surface area contributed by atoms with Crippen molar-refractivity contribution in [3.63, 3.8) is 0 Å². The topological polar surface area (TPSA) is 449 Å². The van der Waals surface area contributed by atoms with Crippen LogP contribution in [0.2, 0.25) is 0 Å². The highest BCUT2D eigenvalue weighted by atomic mass is 31.2. The molecule has 0 radical (unpaired) electrons. The molecule has 8 aliphatic carbocycles. The number of para-hydroxylation sites is 1. The van der Waals surface area contributed by atoms with Gasteiger partial charge in [0.15, 0.2) is 26.4 Å². The van der Waals surface area contributed by atoms with E-state index in [0.29, 0.717) is 76.1 Å². The van der Waals surface area contributed by atoms with Gasteiger partial charge < -0.3 is 90.6 Å². The normalized spacial score (nSPS) is 26.7. The summed E-state index contributed by atoms with van der Waals surface area (Å²) in [6, 6.07) is 31.3. The second kappa shape index (κ2) is 53.8. The van der Waals surface area contributed by atoms with E-state index in [4.69, 9.17) is 84.4 Å². The van der Waals surface area contributed by atoms with E-state index in [0.717, 1.165) is 253 Å². The van der Waals surface area contributed by atoms with Crippen molar-refractivity contribution in [3.8, 4) is 28.7 Å². The zero-order chi connectivity index (χ0) is 98.4. The number of unbranched alkanes of at least 4 members (excludes halogenated alkanes) is 8. The van der Waals surface area contributed by atoms with E-state index >= 15 is 0 Å². The van der Waals surface area contributed by atoms with Gasteiger partial charge in [0, 0.05) is 0 Å². The number of aliphatic hydroxyl groups excluding tert-OH is 3. The number of rotatable bonds is 46. The molecule has 29 heteroatoms. The van der Waals surface area contributed by atoms with Gasteiger partial charge in [0.05, 0.1) is 37.1 Å². The maximum atomic E-state index is 14.0. The fourth-order valence-electron chi connectivity index (χ4n) is 23.5. The Bertz CT molecular complexity index is 4720. The summed E-state index contributed by atoms with van der Waals surface area (Å²) in [4.78, 5) is 80.3. The Morgan fingerprint density at radius 3 is 1.12 bits per heavy atom. The zero-order valence-electron chi connectivity index (χ0n) is 81.7. The molecule has 1 heterocycles. The molecular weight excluding hydrogens is 1770 g/mol. The second-order valence-corrected chi connectivity index (χ2v) is 41.9. The van der Waals surface area contributed by atoms with E-state index in [1.807, 2.05) is 80.6 Å². The number of aliphatic hydroxyl groups is 3. The Balaban J connectivity index is 0.000000176. The van der Waals surface area contributed by atoms with Crippen molar-refractivity contribution in [1.82, 2.24) is 0 Å². The molecular formula is C108H156N3O25P. The van der Waals surface area contributed by atoms with E-state index in [9.17, 15) is 53.4 Å². The summed E-state index contributed by atoms with van der Waals surface area (Å²) in [5.74, 6) is 1.73. The van der Waals surface area contributed by atoms with Gasteiger partial charge in [-0.05, 0) is 338 Å². The molecule has 758 valence electrons. The summed E-state index contributed by atoms with van der Waals surface area (Å²) >= 11 is 0. The van der Waals surface area contributed by atoms with E-state index in [-0.39, 0.29) is 129 Å². The van der Waals surface area contributed by atoms with Crippen molar-refractivity contribution < 1.29 is 121 Å². The Labute approximate surface area is 809 Å². The minimum atomic E-state index is -3.83. The van der Waals surface area contributed by atoms with Crippen molar-refractivity contribution in [2.24, 2.45) is 94.1 Å². The molecule has 9 aliphatic rings. The summed E-state index contributed by atoms with van der Waals surface area (Å²) < 4.78 is 71.9. The van der Waals surface area contributed by atoms with Crippen LogP contribution in [0.1, 0.15) is 273 Å². The average molecular weight is 1930 g/mol. The number of carbonyl (C=O) groups excluding carboxylic acids is 3. The number of esters is 3. The molecule has 0 bridgehead atoms. The molecule has 137 heavy (non-hydrogen) atoms. The van der Waals surface area contributed by atoms with Gasteiger partial charge in [-0.3, -0.25) is 23.4 Å². The monoisotopic (exact) mass is 1930 g/mol. The maximum absolute atomic E-state index is 14.0. The quantitative estimate of drug-likeness (QED) is 0.00748. The molecule has 4 saturated carbocycles. The molecule has 0 amide bonds. The zero-order valence-corrected chi connectivity index (χ0v) is 82.6. The maximum Gasteiger partial charge on any atom is 0.530 e. The van der Waals surface area contributed by atoms with Gasteiger partial charge in [-0.15, -0.1) is 0 Å². The van der Waals surface area contributed by atoms with Crippen LogP contribution in [0.3, 0.4) is 0 Å². The summed E-state index contributed by atoms with van der Waals surface area (Å²) in [7, 11) is -3.83. The Morgan fingerprint density at radius 1 is 0.401 bits per heavy atom. The third kappa shape index (κ3) is 31.4. The molecule has 23 atom stereocenters. The number of fused-ring (bicyclic) bond motifs is 10. The van der Waals surface area contributed by atoms with Crippen molar-refractivity contribution in [2.45, 2.75) is 341 Å². The van der Waals surface area contributed by atoms with Crippen LogP contribution in [0.15, 0.2) is 103 Å². The minimum absolute atomic E-state index is 0.0304. The van der Waals surface area contributed by atoms with Crippen LogP contribution in [0.5, 0.6) is 28.7 Å². The molecule has 3 unspecified atom stereocenters. The third-order valence-corrected chi connectivity index (χ3v) is 32.0. The van der Waals surface area contributed by atoms with Gasteiger partial charge in [-0.2, -0.15) is 0 Å². The van der Waals surface area contributed by atoms with E-state index < -0.39 is 43.8 Å². The van der Waals surface area contributed by atoms with Gasteiger partial charge in [-0.1, -0.05) is 166 Å². The number of phosphoric acid groups is 1. The number of ether oxygens (including phenoxy) is 7. The van der Waals surface area contributed by atoms with E-state index in [1.165, 1.54) is 22.3 Å². The minimum Gasteiger partial charge on any atom is -0.482 e. The number of carboxylic acids is 4. The summed E-state index contributed by atoms with van der Waals surface area (Å²) in [5, 5.41) is 68.7. The molecule has 5 aromatic rings. The average Bonchev–Trinajstić information content (AvgIpc) is 1.60. The lowest BCUT2D eigenvalue weighted by atomic mass is 9.73. The van der Waals surface area contributed by atoms with Crippen LogP contribution in [-0.4, -0.2) is 171 Å². The van der Waals surface area contributed by atoms with E-state index in [2.05, 4.69) is 52.0 Å². The van der Waals surface area contributed by atoms with Crippen LogP contribution in [-0.2, 0) is 113 Å². The van der Waals surface area contributed by atoms with Crippen molar-refractivity contribution >= 4 is 49.6 Å². The summed E-state index contributed by atoms with van der Waals surface area (Å²) in [6.07, 6.45) is 30.4. The predicted octanol–water partition coefficient (Wildman–Crippen LogP) is 17.5. The van der Waals surface area contributed by atoms with Crippen LogP contribution in [0.4, 0.5) is 0 Å². The van der Waals surface area contributed by atoms with E-state index in [1.54, 1.807) is 19.1 Å². The lowest BCUT2D eigenvalue weighted by Gasteiger charge is -2.35. The first-order valence-corrected chi connectivity index (χ1v) is 52.7. The third-order valence-electron chi connectivity index (χ3n) is 30.5. The first kappa shape index (κ1) is 109. The number of hydrogen-bond acceptors (Lipinski definition) is 24. The number of benzene rings is 5. The number of carboxylic acid groups (broad SMARTS) is 4. The van der Waals surface area contributed by atoms with Crippen LogP contribution < -0.4 is 40.7 Å².